The molecule has 0 aliphatic heterocycles. The summed E-state index contributed by atoms with van der Waals surface area (Å²) in [4.78, 5) is 0. The van der Waals surface area contributed by atoms with Crippen molar-refractivity contribution in [2.45, 2.75) is 18.5 Å². The van der Waals surface area contributed by atoms with Crippen molar-refractivity contribution < 1.29 is 8.85 Å². The van der Waals surface area contributed by atoms with Crippen molar-refractivity contribution in [3.63, 3.8) is 0 Å². The number of hydrogen-bond acceptors (Lipinski definition) is 2. The predicted octanol–water partition coefficient (Wildman–Crippen LogP) is 3.37. The second-order valence-corrected chi connectivity index (χ2v) is 7.81. The van der Waals surface area contributed by atoms with Gasteiger partial charge in [0.2, 0.25) is 0 Å². The van der Waals surface area contributed by atoms with E-state index in [0.717, 1.165) is 6.04 Å². The van der Waals surface area contributed by atoms with E-state index < -0.39 is 8.56 Å². The Morgan fingerprint density at radius 3 is 2.19 bits per heavy atom. The van der Waals surface area contributed by atoms with E-state index in [0.29, 0.717) is 11.8 Å². The molecule has 0 N–H and O–H groups in total. The van der Waals surface area contributed by atoms with Crippen LogP contribution in [0.3, 0.4) is 0 Å². The third kappa shape index (κ3) is 3.59. The van der Waals surface area contributed by atoms with Crippen LogP contribution in [-0.4, -0.2) is 28.7 Å². The first-order chi connectivity index (χ1) is 7.65. The van der Waals surface area contributed by atoms with E-state index in [-0.39, 0.29) is 0 Å². The Morgan fingerprint density at radius 2 is 1.75 bits per heavy atom. The van der Waals surface area contributed by atoms with Gasteiger partial charge in [-0.25, -0.2) is 0 Å². The van der Waals surface area contributed by atoms with Crippen LogP contribution in [0.25, 0.3) is 0 Å². The number of rotatable bonds is 6. The smallest absolute Gasteiger partial charge is 0.335 e. The highest BCUT2D eigenvalue weighted by Crippen LogP contribution is 2.28. The van der Waals surface area contributed by atoms with Crippen LogP contribution in [0.15, 0.2) is 30.3 Å². The van der Waals surface area contributed by atoms with E-state index in [1.807, 2.05) is 18.2 Å². The molecule has 90 valence electrons. The summed E-state index contributed by atoms with van der Waals surface area (Å²) in [6, 6.07) is 11.2. The van der Waals surface area contributed by atoms with Crippen molar-refractivity contribution in [2.24, 2.45) is 0 Å². The van der Waals surface area contributed by atoms with Crippen LogP contribution >= 0.6 is 11.6 Å². The summed E-state index contributed by atoms with van der Waals surface area (Å²) in [7, 11) is 1.38. The average Bonchev–Trinajstić information content (AvgIpc) is 2.36. The molecular formula is C12H19ClO2Si. The fourth-order valence-electron chi connectivity index (χ4n) is 1.68. The highest BCUT2D eigenvalue weighted by atomic mass is 35.5. The van der Waals surface area contributed by atoms with Crippen LogP contribution in [0.2, 0.25) is 12.6 Å². The van der Waals surface area contributed by atoms with Gasteiger partial charge >= 0.3 is 8.56 Å². The normalized spacial score (nSPS) is 13.8. The highest BCUT2D eigenvalue weighted by Gasteiger charge is 2.32. The second kappa shape index (κ2) is 6.40. The van der Waals surface area contributed by atoms with Gasteiger partial charge in [0.05, 0.1) is 0 Å². The summed E-state index contributed by atoms with van der Waals surface area (Å²) in [5, 5.41) is 0. The van der Waals surface area contributed by atoms with Crippen molar-refractivity contribution >= 4 is 20.2 Å². The average molecular weight is 259 g/mol. The minimum absolute atomic E-state index is 0.305. The van der Waals surface area contributed by atoms with Crippen LogP contribution in [0, 0.1) is 0 Å². The molecule has 0 aliphatic rings. The van der Waals surface area contributed by atoms with E-state index in [9.17, 15) is 0 Å². The van der Waals surface area contributed by atoms with Gasteiger partial charge in [-0.3, -0.25) is 0 Å². The van der Waals surface area contributed by atoms with Gasteiger partial charge in [-0.1, -0.05) is 30.3 Å². The molecule has 4 heteroatoms. The van der Waals surface area contributed by atoms with Gasteiger partial charge in [-0.05, 0) is 24.1 Å². The molecular weight excluding hydrogens is 240 g/mol. The van der Waals surface area contributed by atoms with Crippen LogP contribution in [0.4, 0.5) is 0 Å². The van der Waals surface area contributed by atoms with Crippen molar-refractivity contribution in [1.29, 1.82) is 0 Å². The fourth-order valence-corrected chi connectivity index (χ4v) is 3.93. The summed E-state index contributed by atoms with van der Waals surface area (Å²) < 4.78 is 11.0. The van der Waals surface area contributed by atoms with Crippen LogP contribution < -0.4 is 0 Å². The molecule has 0 saturated heterocycles. The van der Waals surface area contributed by atoms with Gasteiger partial charge in [-0.15, -0.1) is 11.6 Å². The van der Waals surface area contributed by atoms with Crippen molar-refractivity contribution in [3.05, 3.63) is 35.9 Å². The number of hydrogen-bond donors (Lipinski definition) is 0. The van der Waals surface area contributed by atoms with E-state index in [2.05, 4.69) is 18.7 Å². The topological polar surface area (TPSA) is 18.5 Å². The van der Waals surface area contributed by atoms with E-state index in [1.54, 1.807) is 14.2 Å². The number of halogens is 1. The van der Waals surface area contributed by atoms with Gasteiger partial charge in [0.25, 0.3) is 0 Å². The largest absolute Gasteiger partial charge is 0.398 e. The van der Waals surface area contributed by atoms with Crippen LogP contribution in [-0.2, 0) is 8.85 Å². The Labute approximate surface area is 104 Å². The Bertz CT molecular complexity index is 301. The Balaban J connectivity index is 2.77. The molecule has 2 nitrogen and oxygen atoms in total. The lowest BCUT2D eigenvalue weighted by Crippen LogP contribution is -2.38. The Hall–Kier alpha value is -0.353. The molecule has 0 saturated carbocycles. The van der Waals surface area contributed by atoms with E-state index in [4.69, 9.17) is 20.5 Å². The number of alkyl halides is 1. The minimum atomic E-state index is -2.05. The molecule has 0 aromatic heterocycles. The molecule has 0 radical (unpaired) electrons. The van der Waals surface area contributed by atoms with Crippen molar-refractivity contribution in [3.8, 4) is 0 Å². The molecule has 0 bridgehead atoms. The maximum atomic E-state index is 6.03. The molecule has 0 fully saturated rings. The van der Waals surface area contributed by atoms with Crippen LogP contribution in [0.5, 0.6) is 0 Å². The van der Waals surface area contributed by atoms with Gasteiger partial charge in [0.1, 0.15) is 0 Å². The lowest BCUT2D eigenvalue weighted by atomic mass is 10.0. The molecule has 0 aliphatic carbocycles. The minimum Gasteiger partial charge on any atom is -0.398 e. The SMILES string of the molecule is CO[Si](C)(CC(CCl)c1ccccc1)OC. The summed E-state index contributed by atoms with van der Waals surface area (Å²) >= 11 is 6.03. The quantitative estimate of drug-likeness (QED) is 0.575. The Morgan fingerprint density at radius 1 is 1.19 bits per heavy atom. The Kier molecular flexibility index (Phi) is 5.48. The van der Waals surface area contributed by atoms with E-state index in [1.165, 1.54) is 5.56 Å². The molecule has 0 amide bonds. The zero-order valence-electron chi connectivity index (χ0n) is 10.1. The molecule has 1 aromatic carbocycles. The zero-order chi connectivity index (χ0) is 12.0. The van der Waals surface area contributed by atoms with Gasteiger partial charge in [0, 0.05) is 20.1 Å². The predicted molar refractivity (Wildman–Crippen MR) is 70.3 cm³/mol. The monoisotopic (exact) mass is 258 g/mol. The highest BCUT2D eigenvalue weighted by molar-refractivity contribution is 6.66. The summed E-state index contributed by atoms with van der Waals surface area (Å²) in [5.41, 5.74) is 1.25. The summed E-state index contributed by atoms with van der Waals surface area (Å²) in [6.07, 6.45) is 0. The second-order valence-electron chi connectivity index (χ2n) is 4.01. The fraction of sp³-hybridized carbons (Fsp3) is 0.500. The van der Waals surface area contributed by atoms with E-state index >= 15 is 0 Å². The third-order valence-corrected chi connectivity index (χ3v) is 6.27. The number of benzene rings is 1. The standard InChI is InChI=1S/C12H19ClO2Si/c1-14-16(3,15-2)10-12(9-13)11-7-5-4-6-8-11/h4-8,12H,9-10H2,1-3H3. The molecule has 0 heterocycles. The van der Waals surface area contributed by atoms with Crippen LogP contribution in [0.1, 0.15) is 11.5 Å². The van der Waals surface area contributed by atoms with Crippen molar-refractivity contribution in [1.82, 2.24) is 0 Å². The molecule has 1 rings (SSSR count). The first-order valence-corrected chi connectivity index (χ1v) is 8.42. The molecule has 1 aromatic rings. The van der Waals surface area contributed by atoms with Gasteiger partial charge < -0.3 is 8.85 Å². The maximum absolute atomic E-state index is 6.03. The summed E-state index contributed by atoms with van der Waals surface area (Å²) in [6.45, 7) is 2.06. The van der Waals surface area contributed by atoms with Gasteiger partial charge in [-0.2, -0.15) is 0 Å². The molecule has 1 unspecified atom stereocenters. The summed E-state index contributed by atoms with van der Waals surface area (Å²) in [5.74, 6) is 0.902. The molecule has 16 heavy (non-hydrogen) atoms. The van der Waals surface area contributed by atoms with Gasteiger partial charge in [0.15, 0.2) is 0 Å². The lowest BCUT2D eigenvalue weighted by Gasteiger charge is -2.27. The maximum Gasteiger partial charge on any atom is 0.335 e. The third-order valence-electron chi connectivity index (χ3n) is 2.94. The first kappa shape index (κ1) is 13.7. The molecule has 1 atom stereocenters. The zero-order valence-corrected chi connectivity index (χ0v) is 11.8. The molecule has 0 spiro atoms. The first-order valence-electron chi connectivity index (χ1n) is 5.36. The lowest BCUT2D eigenvalue weighted by molar-refractivity contribution is 0.247. The van der Waals surface area contributed by atoms with Crippen molar-refractivity contribution in [2.75, 3.05) is 20.1 Å².